The van der Waals surface area contributed by atoms with E-state index in [1.54, 1.807) is 19.0 Å². The van der Waals surface area contributed by atoms with Gasteiger partial charge in [-0.15, -0.1) is 24.0 Å². The van der Waals surface area contributed by atoms with Gasteiger partial charge in [-0.2, -0.15) is 0 Å². The van der Waals surface area contributed by atoms with Gasteiger partial charge < -0.3 is 15.5 Å². The zero-order chi connectivity index (χ0) is 23.0. The second-order valence-corrected chi connectivity index (χ2v) is 9.47. The fraction of sp³-hybridized carbons (Fsp3) is 0.481. The quantitative estimate of drug-likeness (QED) is 0.287. The number of nitrogens with zero attached hydrogens (tertiary/aromatic N) is 3. The predicted octanol–water partition coefficient (Wildman–Crippen LogP) is 3.67. The molecule has 0 aromatic heterocycles. The van der Waals surface area contributed by atoms with Crippen LogP contribution in [0.15, 0.2) is 65.7 Å². The van der Waals surface area contributed by atoms with Crippen molar-refractivity contribution in [2.75, 3.05) is 27.2 Å². The van der Waals surface area contributed by atoms with E-state index in [2.05, 4.69) is 75.1 Å². The molecule has 2 aromatic carbocycles. The van der Waals surface area contributed by atoms with Crippen LogP contribution in [-0.2, 0) is 17.8 Å². The minimum absolute atomic E-state index is 0. The Morgan fingerprint density at radius 2 is 1.56 bits per heavy atom. The molecule has 2 N–H and O–H groups in total. The van der Waals surface area contributed by atoms with Crippen molar-refractivity contribution in [2.24, 2.45) is 4.99 Å². The molecule has 1 amide bonds. The monoisotopic (exact) mass is 575 g/mol. The Bertz CT molecular complexity index is 907. The minimum atomic E-state index is 0. The number of hydrogen-bond donors (Lipinski definition) is 2. The van der Waals surface area contributed by atoms with Crippen molar-refractivity contribution in [3.05, 3.63) is 71.8 Å². The lowest BCUT2D eigenvalue weighted by atomic mass is 9.96. The van der Waals surface area contributed by atoms with Crippen molar-refractivity contribution in [1.82, 2.24) is 20.4 Å². The molecule has 4 rings (SSSR count). The van der Waals surface area contributed by atoms with Crippen LogP contribution in [0.1, 0.15) is 36.8 Å². The van der Waals surface area contributed by atoms with E-state index in [0.29, 0.717) is 18.1 Å². The Morgan fingerprint density at radius 1 is 0.971 bits per heavy atom. The average molecular weight is 576 g/mol. The van der Waals surface area contributed by atoms with Crippen LogP contribution in [0, 0.1) is 0 Å². The van der Waals surface area contributed by atoms with Gasteiger partial charge in [0, 0.05) is 45.3 Å². The number of nitrogens with one attached hydrogen (secondary N) is 2. The molecule has 184 valence electrons. The molecule has 0 radical (unpaired) electrons. The zero-order valence-electron chi connectivity index (χ0n) is 20.3. The van der Waals surface area contributed by atoms with E-state index in [1.807, 2.05) is 6.07 Å². The first-order valence-corrected chi connectivity index (χ1v) is 12.2. The fourth-order valence-corrected chi connectivity index (χ4v) is 5.05. The molecule has 2 bridgehead atoms. The van der Waals surface area contributed by atoms with Gasteiger partial charge >= 0.3 is 0 Å². The predicted molar refractivity (Wildman–Crippen MR) is 150 cm³/mol. The summed E-state index contributed by atoms with van der Waals surface area (Å²) in [5.74, 6) is 0.763. The average Bonchev–Trinajstić information content (AvgIpc) is 3.05. The van der Waals surface area contributed by atoms with Crippen LogP contribution in [0.4, 0.5) is 0 Å². The maximum atomic E-state index is 12.1. The van der Waals surface area contributed by atoms with E-state index in [0.717, 1.165) is 38.3 Å². The molecule has 2 fully saturated rings. The van der Waals surface area contributed by atoms with Gasteiger partial charge in [-0.25, -0.2) is 4.99 Å². The largest absolute Gasteiger partial charge is 0.356 e. The molecule has 2 saturated heterocycles. The highest BCUT2D eigenvalue weighted by atomic mass is 127. The molecule has 2 aliphatic heterocycles. The summed E-state index contributed by atoms with van der Waals surface area (Å²) in [6, 6.07) is 22.8. The van der Waals surface area contributed by atoms with Gasteiger partial charge in [0.15, 0.2) is 5.96 Å². The molecule has 2 heterocycles. The number of piperidine rings is 1. The van der Waals surface area contributed by atoms with Crippen LogP contribution in [0.2, 0.25) is 0 Å². The first-order valence-electron chi connectivity index (χ1n) is 12.2. The Morgan fingerprint density at radius 3 is 2.15 bits per heavy atom. The number of hydrogen-bond acceptors (Lipinski definition) is 3. The molecule has 6 nitrogen and oxygen atoms in total. The molecule has 2 unspecified atom stereocenters. The third-order valence-electron chi connectivity index (χ3n) is 6.85. The van der Waals surface area contributed by atoms with Gasteiger partial charge in [0.05, 0.1) is 0 Å². The van der Waals surface area contributed by atoms with Gasteiger partial charge in [0.25, 0.3) is 0 Å². The van der Waals surface area contributed by atoms with Crippen LogP contribution in [0.5, 0.6) is 0 Å². The number of carbonyl (C=O) groups is 1. The number of fused-ring (bicyclic) bond motifs is 2. The number of guanidine groups is 1. The molecule has 0 aliphatic carbocycles. The van der Waals surface area contributed by atoms with E-state index < -0.39 is 0 Å². The second-order valence-electron chi connectivity index (χ2n) is 9.47. The summed E-state index contributed by atoms with van der Waals surface area (Å²) in [5, 5.41) is 7.13. The molecule has 2 aliphatic rings. The van der Waals surface area contributed by atoms with Gasteiger partial charge in [0.1, 0.15) is 6.54 Å². The summed E-state index contributed by atoms with van der Waals surface area (Å²) in [6.07, 6.45) is 5.68. The van der Waals surface area contributed by atoms with E-state index in [4.69, 9.17) is 0 Å². The van der Waals surface area contributed by atoms with E-state index >= 15 is 0 Å². The summed E-state index contributed by atoms with van der Waals surface area (Å²) in [7, 11) is 3.54. The van der Waals surface area contributed by atoms with Crippen LogP contribution in [-0.4, -0.2) is 67.0 Å². The van der Waals surface area contributed by atoms with E-state index in [9.17, 15) is 4.79 Å². The molecular formula is C27H38IN5O. The van der Waals surface area contributed by atoms with Crippen molar-refractivity contribution in [1.29, 1.82) is 0 Å². The number of carbonyl (C=O) groups excluding carboxylic acids is 1. The molecule has 0 saturated carbocycles. The number of amides is 1. The van der Waals surface area contributed by atoms with Gasteiger partial charge in [-0.05, 0) is 43.2 Å². The van der Waals surface area contributed by atoms with Crippen molar-refractivity contribution in [2.45, 2.75) is 56.8 Å². The topological polar surface area (TPSA) is 60.0 Å². The third-order valence-corrected chi connectivity index (χ3v) is 6.85. The summed E-state index contributed by atoms with van der Waals surface area (Å²) in [5.41, 5.74) is 2.69. The summed E-state index contributed by atoms with van der Waals surface area (Å²) < 4.78 is 0. The number of benzene rings is 2. The number of likely N-dealkylation sites (N-methyl/N-ethyl adjacent to an activating group) is 1. The molecule has 34 heavy (non-hydrogen) atoms. The van der Waals surface area contributed by atoms with Crippen LogP contribution in [0.25, 0.3) is 0 Å². The summed E-state index contributed by atoms with van der Waals surface area (Å²) in [6.45, 7) is 1.98. The Hall–Kier alpha value is -2.13. The first-order chi connectivity index (χ1) is 16.1. The maximum Gasteiger partial charge on any atom is 0.243 e. The standard InChI is InChI=1S/C27H37N5O.HI/c1-31(2)26(33)19-29-27(28-16-15-21-9-5-3-6-10-21)30-23-17-24-13-14-25(18-23)32(24)20-22-11-7-4-8-12-22;/h3-12,23-25H,13-20H2,1-2H3,(H2,28,29,30);1H. The fourth-order valence-electron chi connectivity index (χ4n) is 5.05. The number of rotatable bonds is 8. The number of halogens is 1. The third kappa shape index (κ3) is 7.43. The molecule has 0 spiro atoms. The highest BCUT2D eigenvalue weighted by Crippen LogP contribution is 2.36. The molecule has 2 aromatic rings. The van der Waals surface area contributed by atoms with Crippen molar-refractivity contribution >= 4 is 35.8 Å². The van der Waals surface area contributed by atoms with Gasteiger partial charge in [-0.1, -0.05) is 60.7 Å². The lowest BCUT2D eigenvalue weighted by Gasteiger charge is -2.39. The number of aliphatic imine (C=N–C) groups is 1. The molecule has 7 heteroatoms. The smallest absolute Gasteiger partial charge is 0.243 e. The van der Waals surface area contributed by atoms with Crippen LogP contribution >= 0.6 is 24.0 Å². The van der Waals surface area contributed by atoms with Crippen molar-refractivity contribution in [3.63, 3.8) is 0 Å². The van der Waals surface area contributed by atoms with E-state index in [1.165, 1.54) is 24.0 Å². The first kappa shape index (κ1) is 26.5. The van der Waals surface area contributed by atoms with Gasteiger partial charge in [-0.3, -0.25) is 9.69 Å². The molecule has 2 atom stereocenters. The summed E-state index contributed by atoms with van der Waals surface area (Å²) in [4.78, 5) is 21.0. The van der Waals surface area contributed by atoms with Crippen LogP contribution in [0.3, 0.4) is 0 Å². The van der Waals surface area contributed by atoms with Crippen LogP contribution < -0.4 is 10.6 Å². The van der Waals surface area contributed by atoms with E-state index in [-0.39, 0.29) is 36.4 Å². The van der Waals surface area contributed by atoms with Crippen molar-refractivity contribution < 1.29 is 4.79 Å². The Balaban J connectivity index is 0.00000324. The highest BCUT2D eigenvalue weighted by molar-refractivity contribution is 14.0. The Kier molecular flexibility index (Phi) is 10.2. The minimum Gasteiger partial charge on any atom is -0.356 e. The maximum absolute atomic E-state index is 12.1. The van der Waals surface area contributed by atoms with Crippen molar-refractivity contribution in [3.8, 4) is 0 Å². The Labute approximate surface area is 221 Å². The zero-order valence-corrected chi connectivity index (χ0v) is 22.7. The normalized spacial score (nSPS) is 22.1. The molecular weight excluding hydrogens is 537 g/mol. The highest BCUT2D eigenvalue weighted by Gasteiger charge is 2.40. The van der Waals surface area contributed by atoms with Gasteiger partial charge in [0.2, 0.25) is 5.91 Å². The lowest BCUT2D eigenvalue weighted by molar-refractivity contribution is -0.127. The summed E-state index contributed by atoms with van der Waals surface area (Å²) >= 11 is 0. The lowest BCUT2D eigenvalue weighted by Crippen LogP contribution is -2.52. The second kappa shape index (κ2) is 13.1. The SMILES string of the molecule is CN(C)C(=O)CN=C(NCCc1ccccc1)NC1CC2CCC(C1)N2Cc1ccccc1.I.